The Morgan fingerprint density at radius 3 is 2.24 bits per heavy atom. The average Bonchev–Trinajstić information content (AvgIpc) is 2.40. The molecule has 0 fully saturated rings. The summed E-state index contributed by atoms with van der Waals surface area (Å²) >= 11 is 5.74. The number of benzene rings is 2. The van der Waals surface area contributed by atoms with Crippen LogP contribution in [0.25, 0.3) is 0 Å². The normalized spacial score (nSPS) is 12.1. The molecule has 0 saturated carbocycles. The van der Waals surface area contributed by atoms with E-state index in [1.807, 2.05) is 49.4 Å². The average molecular weight is 247 g/mol. The lowest BCUT2D eigenvalue weighted by Gasteiger charge is -2.15. The van der Waals surface area contributed by atoms with E-state index in [1.165, 1.54) is 5.56 Å². The van der Waals surface area contributed by atoms with E-state index >= 15 is 0 Å². The first-order valence-corrected chi connectivity index (χ1v) is 6.19. The Balaban J connectivity index is 2.05. The van der Waals surface area contributed by atoms with Gasteiger partial charge in [0.05, 0.1) is 0 Å². The number of halogens is 1. The maximum atomic E-state index is 5.86. The number of alkyl halides is 1. The van der Waals surface area contributed by atoms with Gasteiger partial charge in [0.25, 0.3) is 0 Å². The van der Waals surface area contributed by atoms with Gasteiger partial charge >= 0.3 is 0 Å². The van der Waals surface area contributed by atoms with Gasteiger partial charge in [0.15, 0.2) is 0 Å². The third-order valence-corrected chi connectivity index (χ3v) is 2.97. The van der Waals surface area contributed by atoms with Crippen molar-refractivity contribution in [1.82, 2.24) is 0 Å². The summed E-state index contributed by atoms with van der Waals surface area (Å²) in [4.78, 5) is 0. The van der Waals surface area contributed by atoms with Crippen molar-refractivity contribution >= 4 is 11.6 Å². The van der Waals surface area contributed by atoms with Gasteiger partial charge in [-0.15, -0.1) is 11.6 Å². The van der Waals surface area contributed by atoms with Gasteiger partial charge in [-0.3, -0.25) is 0 Å². The lowest BCUT2D eigenvalue weighted by Crippen LogP contribution is -2.02. The van der Waals surface area contributed by atoms with Gasteiger partial charge in [-0.1, -0.05) is 42.5 Å². The highest BCUT2D eigenvalue weighted by Crippen LogP contribution is 2.22. The Kier molecular flexibility index (Phi) is 4.05. The first kappa shape index (κ1) is 12.0. The fourth-order valence-corrected chi connectivity index (χ4v) is 1.83. The molecule has 2 heteroatoms. The van der Waals surface area contributed by atoms with Crippen LogP contribution in [0, 0.1) is 0 Å². The van der Waals surface area contributed by atoms with Crippen molar-refractivity contribution in [2.45, 2.75) is 18.9 Å². The predicted octanol–water partition coefficient (Wildman–Crippen LogP) is 4.57. The summed E-state index contributed by atoms with van der Waals surface area (Å²) in [6, 6.07) is 18.1. The van der Waals surface area contributed by atoms with Crippen molar-refractivity contribution in [2.75, 3.05) is 0 Å². The zero-order chi connectivity index (χ0) is 12.1. The number of hydrogen-bond donors (Lipinski definition) is 0. The summed E-state index contributed by atoms with van der Waals surface area (Å²) in [5.74, 6) is 1.41. The molecule has 2 aromatic rings. The molecule has 0 aliphatic rings. The first-order chi connectivity index (χ1) is 8.29. The summed E-state index contributed by atoms with van der Waals surface area (Å²) in [5, 5.41) is 0. The van der Waals surface area contributed by atoms with Crippen molar-refractivity contribution in [3.8, 4) is 5.75 Å². The van der Waals surface area contributed by atoms with Crippen LogP contribution in [0.15, 0.2) is 54.6 Å². The topological polar surface area (TPSA) is 9.23 Å². The molecule has 2 rings (SSSR count). The summed E-state index contributed by atoms with van der Waals surface area (Å²) in [6.07, 6.45) is 0.0538. The Morgan fingerprint density at radius 1 is 1.00 bits per heavy atom. The lowest BCUT2D eigenvalue weighted by molar-refractivity contribution is 0.227. The fraction of sp³-hybridized carbons (Fsp3) is 0.200. The Labute approximate surface area is 107 Å². The van der Waals surface area contributed by atoms with Crippen LogP contribution in [0.3, 0.4) is 0 Å². The third kappa shape index (κ3) is 3.24. The fourth-order valence-electron chi connectivity index (χ4n) is 1.65. The summed E-state index contributed by atoms with van der Waals surface area (Å²) < 4.78 is 5.86. The molecule has 0 aromatic heterocycles. The number of rotatable bonds is 4. The van der Waals surface area contributed by atoms with E-state index in [1.54, 1.807) is 0 Å². The van der Waals surface area contributed by atoms with Gasteiger partial charge in [0.2, 0.25) is 0 Å². The van der Waals surface area contributed by atoms with E-state index in [9.17, 15) is 0 Å². The largest absolute Gasteiger partial charge is 0.486 e. The van der Waals surface area contributed by atoms with Crippen LogP contribution in [0.2, 0.25) is 0 Å². The molecular formula is C15H15ClO. The van der Waals surface area contributed by atoms with Crippen LogP contribution in [0.5, 0.6) is 5.75 Å². The van der Waals surface area contributed by atoms with Gasteiger partial charge in [-0.05, 0) is 30.2 Å². The zero-order valence-electron chi connectivity index (χ0n) is 9.77. The van der Waals surface area contributed by atoms with Crippen molar-refractivity contribution in [2.24, 2.45) is 0 Å². The minimum Gasteiger partial charge on any atom is -0.486 e. The van der Waals surface area contributed by atoms with Crippen LogP contribution >= 0.6 is 11.6 Å². The Bertz CT molecular complexity index is 450. The van der Waals surface area contributed by atoms with Crippen LogP contribution in [-0.4, -0.2) is 0 Å². The molecule has 2 aromatic carbocycles. The molecule has 88 valence electrons. The smallest absolute Gasteiger partial charge is 0.121 e. The summed E-state index contributed by atoms with van der Waals surface area (Å²) in [5.41, 5.74) is 2.28. The van der Waals surface area contributed by atoms with Crippen LogP contribution in [0.1, 0.15) is 24.2 Å². The highest BCUT2D eigenvalue weighted by atomic mass is 35.5. The molecule has 1 unspecified atom stereocenters. The number of hydrogen-bond acceptors (Lipinski definition) is 1. The molecule has 1 atom stereocenters. The summed E-state index contributed by atoms with van der Waals surface area (Å²) in [6.45, 7) is 2.05. The number of ether oxygens (including phenoxy) is 1. The Morgan fingerprint density at radius 2 is 1.65 bits per heavy atom. The lowest BCUT2D eigenvalue weighted by atomic mass is 10.1. The maximum Gasteiger partial charge on any atom is 0.121 e. The SMILES string of the molecule is CC(Oc1ccc(CCl)cc1)c1ccccc1. The molecule has 0 spiro atoms. The van der Waals surface area contributed by atoms with Crippen molar-refractivity contribution in [3.63, 3.8) is 0 Å². The second-order valence-corrected chi connectivity index (χ2v) is 4.22. The monoisotopic (exact) mass is 246 g/mol. The second kappa shape index (κ2) is 5.74. The van der Waals surface area contributed by atoms with E-state index in [0.717, 1.165) is 11.3 Å². The molecule has 0 bridgehead atoms. The molecule has 0 aliphatic carbocycles. The maximum absolute atomic E-state index is 5.86. The van der Waals surface area contributed by atoms with E-state index in [2.05, 4.69) is 12.1 Å². The third-order valence-electron chi connectivity index (χ3n) is 2.66. The molecule has 1 nitrogen and oxygen atoms in total. The van der Waals surface area contributed by atoms with Crippen molar-refractivity contribution < 1.29 is 4.74 Å². The minimum absolute atomic E-state index is 0.0538. The van der Waals surface area contributed by atoms with E-state index in [-0.39, 0.29) is 6.10 Å². The predicted molar refractivity (Wildman–Crippen MR) is 71.5 cm³/mol. The minimum atomic E-state index is 0.0538. The highest BCUT2D eigenvalue weighted by molar-refractivity contribution is 6.17. The van der Waals surface area contributed by atoms with Crippen LogP contribution < -0.4 is 4.74 Å². The molecule has 0 amide bonds. The Hall–Kier alpha value is -1.47. The molecule has 0 N–H and O–H groups in total. The second-order valence-electron chi connectivity index (χ2n) is 3.95. The highest BCUT2D eigenvalue weighted by Gasteiger charge is 2.06. The molecule has 0 heterocycles. The zero-order valence-corrected chi connectivity index (χ0v) is 10.5. The molecule has 0 aliphatic heterocycles. The molecular weight excluding hydrogens is 232 g/mol. The van der Waals surface area contributed by atoms with Gasteiger partial charge in [-0.2, -0.15) is 0 Å². The van der Waals surface area contributed by atoms with Gasteiger partial charge in [0, 0.05) is 5.88 Å². The molecule has 17 heavy (non-hydrogen) atoms. The van der Waals surface area contributed by atoms with Crippen molar-refractivity contribution in [1.29, 1.82) is 0 Å². The van der Waals surface area contributed by atoms with Crippen LogP contribution in [-0.2, 0) is 5.88 Å². The molecule has 0 radical (unpaired) electrons. The van der Waals surface area contributed by atoms with Crippen LogP contribution in [0.4, 0.5) is 0 Å². The standard InChI is InChI=1S/C15H15ClO/c1-12(14-5-3-2-4-6-14)17-15-9-7-13(11-16)8-10-15/h2-10,12H,11H2,1H3. The van der Waals surface area contributed by atoms with E-state index in [4.69, 9.17) is 16.3 Å². The van der Waals surface area contributed by atoms with Gasteiger partial charge < -0.3 is 4.74 Å². The molecule has 0 saturated heterocycles. The van der Waals surface area contributed by atoms with E-state index in [0.29, 0.717) is 5.88 Å². The van der Waals surface area contributed by atoms with E-state index < -0.39 is 0 Å². The first-order valence-electron chi connectivity index (χ1n) is 5.66. The van der Waals surface area contributed by atoms with Gasteiger partial charge in [-0.25, -0.2) is 0 Å². The quantitative estimate of drug-likeness (QED) is 0.719. The van der Waals surface area contributed by atoms with Gasteiger partial charge in [0.1, 0.15) is 11.9 Å². The van der Waals surface area contributed by atoms with Crippen molar-refractivity contribution in [3.05, 3.63) is 65.7 Å². The summed E-state index contributed by atoms with van der Waals surface area (Å²) in [7, 11) is 0.